The maximum absolute atomic E-state index is 13.5. The first-order valence-corrected chi connectivity index (χ1v) is 11.1. The van der Waals surface area contributed by atoms with Gasteiger partial charge in [0.2, 0.25) is 0 Å². The highest BCUT2D eigenvalue weighted by atomic mass is 16.7. The Bertz CT molecular complexity index is 681. The predicted molar refractivity (Wildman–Crippen MR) is 102 cm³/mol. The lowest BCUT2D eigenvalue weighted by atomic mass is 9.40. The van der Waals surface area contributed by atoms with Crippen molar-refractivity contribution in [3.8, 4) is 0 Å². The highest BCUT2D eigenvalue weighted by Gasteiger charge is 2.85. The maximum atomic E-state index is 13.5. The number of methoxy groups -OCH3 is 1. The first-order valence-electron chi connectivity index (χ1n) is 11.1. The van der Waals surface area contributed by atoms with Crippen molar-refractivity contribution < 1.29 is 14.3 Å². The van der Waals surface area contributed by atoms with Crippen LogP contribution in [0.2, 0.25) is 0 Å². The normalized spacial score (nSPS) is 54.0. The molecule has 2 spiro atoms. The van der Waals surface area contributed by atoms with Crippen molar-refractivity contribution in [2.75, 3.05) is 27.0 Å². The van der Waals surface area contributed by atoms with Gasteiger partial charge >= 0.3 is 0 Å². The van der Waals surface area contributed by atoms with E-state index in [0.717, 1.165) is 25.8 Å². The van der Waals surface area contributed by atoms with Gasteiger partial charge in [0.05, 0.1) is 6.10 Å². The largest absolute Gasteiger partial charge is 0.359 e. The molecule has 7 rings (SSSR count). The fraction of sp³-hybridized carbons (Fsp3) is 0.870. The molecule has 27 heavy (non-hydrogen) atoms. The Hall–Kier alpha value is -0.450. The third-order valence-electron chi connectivity index (χ3n) is 9.79. The molecule has 0 aromatic heterocycles. The second kappa shape index (κ2) is 5.37. The first kappa shape index (κ1) is 17.4. The molecule has 4 heteroatoms. The lowest BCUT2D eigenvalue weighted by molar-refractivity contribution is -0.168. The summed E-state index contributed by atoms with van der Waals surface area (Å²) < 4.78 is 11.8. The summed E-state index contributed by atoms with van der Waals surface area (Å²) in [6, 6.07) is 0.489. The van der Waals surface area contributed by atoms with Gasteiger partial charge in [0.15, 0.2) is 0 Å². The van der Waals surface area contributed by atoms with E-state index in [2.05, 4.69) is 18.7 Å². The minimum Gasteiger partial charge on any atom is -0.359 e. The SMILES string of the molecule is CCN1C[C@]2(C)CC[C@H](OCOC)C34[C]2CC([C@@H]13)[C@@]12CC[C@@H](C[C]41)CC2=O. The fourth-order valence-corrected chi connectivity index (χ4v) is 9.13. The summed E-state index contributed by atoms with van der Waals surface area (Å²) in [4.78, 5) is 16.2. The number of rotatable bonds is 4. The van der Waals surface area contributed by atoms with Crippen molar-refractivity contribution in [3.63, 3.8) is 0 Å². The molecular weight excluding hydrogens is 338 g/mol. The van der Waals surface area contributed by atoms with Gasteiger partial charge in [0.1, 0.15) is 12.6 Å². The van der Waals surface area contributed by atoms with Gasteiger partial charge in [-0.05, 0) is 68.2 Å². The van der Waals surface area contributed by atoms with E-state index in [1.165, 1.54) is 32.2 Å². The van der Waals surface area contributed by atoms with E-state index < -0.39 is 0 Å². The molecule has 4 nitrogen and oxygen atoms in total. The van der Waals surface area contributed by atoms with Crippen LogP contribution in [0.5, 0.6) is 0 Å². The summed E-state index contributed by atoms with van der Waals surface area (Å²) in [5, 5.41) is 0. The monoisotopic (exact) mass is 371 g/mol. The van der Waals surface area contributed by atoms with Gasteiger partial charge in [-0.25, -0.2) is 0 Å². The predicted octanol–water partition coefficient (Wildman–Crippen LogP) is 3.41. The highest BCUT2D eigenvalue weighted by Crippen LogP contribution is 2.84. The molecular formula is C23H33NO3. The molecule has 2 unspecified atom stereocenters. The number of hydrogen-bond donors (Lipinski definition) is 0. The number of hydrogen-bond acceptors (Lipinski definition) is 4. The van der Waals surface area contributed by atoms with Crippen LogP contribution in [0.1, 0.15) is 58.8 Å². The average molecular weight is 372 g/mol. The molecule has 1 heterocycles. The van der Waals surface area contributed by atoms with E-state index in [-0.39, 0.29) is 16.9 Å². The lowest BCUT2D eigenvalue weighted by Crippen LogP contribution is -2.68. The molecule has 7 fully saturated rings. The Morgan fingerprint density at radius 3 is 2.74 bits per heavy atom. The van der Waals surface area contributed by atoms with E-state index in [1.54, 1.807) is 18.9 Å². The molecule has 0 N–H and O–H groups in total. The van der Waals surface area contributed by atoms with Crippen molar-refractivity contribution in [3.05, 3.63) is 11.8 Å². The zero-order valence-corrected chi connectivity index (χ0v) is 17.1. The van der Waals surface area contributed by atoms with Crippen molar-refractivity contribution in [1.29, 1.82) is 0 Å². The summed E-state index contributed by atoms with van der Waals surface area (Å²) in [5.74, 6) is 5.08. The number of Topliss-reactive ketones (excluding diaryl/α,β-unsaturated/α-hetero) is 1. The zero-order valence-electron chi connectivity index (χ0n) is 17.1. The van der Waals surface area contributed by atoms with Crippen LogP contribution < -0.4 is 0 Å². The molecule has 6 aliphatic carbocycles. The van der Waals surface area contributed by atoms with Gasteiger partial charge in [0, 0.05) is 42.9 Å². The summed E-state index contributed by atoms with van der Waals surface area (Å²) in [6.07, 6.45) is 8.10. The van der Waals surface area contributed by atoms with Crippen LogP contribution in [0.4, 0.5) is 0 Å². The number of piperidine rings is 1. The van der Waals surface area contributed by atoms with Gasteiger partial charge in [0.25, 0.3) is 0 Å². The Labute approximate surface area is 163 Å². The third kappa shape index (κ3) is 1.73. The van der Waals surface area contributed by atoms with Crippen LogP contribution in [0.15, 0.2) is 0 Å². The molecule has 6 saturated carbocycles. The second-order valence-electron chi connectivity index (χ2n) is 10.5. The van der Waals surface area contributed by atoms with Crippen molar-refractivity contribution >= 4 is 5.78 Å². The van der Waals surface area contributed by atoms with Gasteiger partial charge in [-0.1, -0.05) is 13.8 Å². The molecule has 0 aromatic carbocycles. The number of ketones is 1. The molecule has 1 aliphatic heterocycles. The van der Waals surface area contributed by atoms with Crippen molar-refractivity contribution in [1.82, 2.24) is 4.90 Å². The topological polar surface area (TPSA) is 38.8 Å². The molecule has 7 aliphatic rings. The quantitative estimate of drug-likeness (QED) is 0.710. The van der Waals surface area contributed by atoms with Crippen LogP contribution in [0.3, 0.4) is 0 Å². The highest BCUT2D eigenvalue weighted by molar-refractivity contribution is 5.92. The Morgan fingerprint density at radius 1 is 1.15 bits per heavy atom. The molecule has 2 radical (unpaired) electrons. The van der Waals surface area contributed by atoms with E-state index >= 15 is 0 Å². The summed E-state index contributed by atoms with van der Waals surface area (Å²) in [6.45, 7) is 7.46. The van der Waals surface area contributed by atoms with Crippen molar-refractivity contribution in [2.24, 2.45) is 28.1 Å². The van der Waals surface area contributed by atoms with Gasteiger partial charge in [-0.15, -0.1) is 0 Å². The second-order valence-corrected chi connectivity index (χ2v) is 10.5. The summed E-state index contributed by atoms with van der Waals surface area (Å²) in [5.41, 5.74) is 0.204. The van der Waals surface area contributed by atoms with Crippen LogP contribution >= 0.6 is 0 Å². The number of carbonyl (C=O) groups excluding carboxylic acids is 1. The molecule has 1 saturated heterocycles. The van der Waals surface area contributed by atoms with Crippen LogP contribution in [0, 0.1) is 39.9 Å². The number of nitrogens with zero attached hydrogens (tertiary/aromatic N) is 1. The van der Waals surface area contributed by atoms with Gasteiger partial charge in [-0.3, -0.25) is 9.69 Å². The molecule has 7 bridgehead atoms. The minimum atomic E-state index is -0.117. The maximum Gasteiger partial charge on any atom is 0.146 e. The zero-order chi connectivity index (χ0) is 18.6. The van der Waals surface area contributed by atoms with E-state index in [1.807, 2.05) is 0 Å². The molecule has 0 amide bonds. The van der Waals surface area contributed by atoms with Crippen LogP contribution in [-0.4, -0.2) is 49.8 Å². The Morgan fingerprint density at radius 2 is 2.00 bits per heavy atom. The van der Waals surface area contributed by atoms with Crippen LogP contribution in [0.25, 0.3) is 0 Å². The number of likely N-dealkylation sites (tertiary alicyclic amines) is 1. The molecule has 0 aromatic rings. The fourth-order valence-electron chi connectivity index (χ4n) is 9.13. The summed E-state index contributed by atoms with van der Waals surface area (Å²) >= 11 is 0. The van der Waals surface area contributed by atoms with Gasteiger partial charge < -0.3 is 9.47 Å². The van der Waals surface area contributed by atoms with E-state index in [0.29, 0.717) is 35.9 Å². The Balaban J connectivity index is 1.55. The minimum absolute atomic E-state index is 0.0270. The number of ether oxygens (including phenoxy) is 2. The molecule has 148 valence electrons. The Kier molecular flexibility index (Phi) is 3.46. The number of carbonyl (C=O) groups is 1. The van der Waals surface area contributed by atoms with Gasteiger partial charge in [-0.2, -0.15) is 0 Å². The van der Waals surface area contributed by atoms with Crippen LogP contribution in [-0.2, 0) is 14.3 Å². The van der Waals surface area contributed by atoms with E-state index in [9.17, 15) is 4.79 Å². The number of fused-ring (bicyclic) bond motifs is 2. The lowest BCUT2D eigenvalue weighted by Gasteiger charge is -2.66. The molecule has 7 atom stereocenters. The van der Waals surface area contributed by atoms with E-state index in [4.69, 9.17) is 9.47 Å². The van der Waals surface area contributed by atoms with Crippen molar-refractivity contribution in [2.45, 2.75) is 70.9 Å². The summed E-state index contributed by atoms with van der Waals surface area (Å²) in [7, 11) is 1.73. The first-order chi connectivity index (χ1) is 13.0. The third-order valence-corrected chi connectivity index (χ3v) is 9.79. The average Bonchev–Trinajstić information content (AvgIpc) is 3.10. The smallest absolute Gasteiger partial charge is 0.146 e. The standard InChI is InChI=1S/C23H33NO3/c1-4-24-12-21(2)7-6-19(27-13-26-3)23-16(21)11-15(20(23)24)22-8-5-14(9-17(22)23)10-18(22)25/h14-15,19-20H,4-13H2,1-3H3/t14-,15?,19-,20+,21-,22-,23?/m0/s1.